The van der Waals surface area contributed by atoms with E-state index >= 15 is 0 Å². The van der Waals surface area contributed by atoms with Gasteiger partial charge in [0.25, 0.3) is 0 Å². The first-order chi connectivity index (χ1) is 8.15. The highest BCUT2D eigenvalue weighted by molar-refractivity contribution is 7.99. The lowest BCUT2D eigenvalue weighted by molar-refractivity contribution is 0.0697. The third-order valence-corrected chi connectivity index (χ3v) is 3.04. The van der Waals surface area contributed by atoms with E-state index in [1.807, 2.05) is 13.0 Å². The predicted molar refractivity (Wildman–Crippen MR) is 64.3 cm³/mol. The molecule has 0 spiro atoms. The topological polar surface area (TPSA) is 63.1 Å². The Bertz CT molecular complexity index is 540. The summed E-state index contributed by atoms with van der Waals surface area (Å²) >= 11 is 1.48. The minimum absolute atomic E-state index is 0.285. The SMILES string of the molecule is Cc1cc(Sc2ccc(C(=O)O)cc2)ncn1. The van der Waals surface area contributed by atoms with Crippen molar-refractivity contribution in [2.45, 2.75) is 16.8 Å². The third-order valence-electron chi connectivity index (χ3n) is 2.10. The maximum atomic E-state index is 10.7. The molecule has 0 bridgehead atoms. The Balaban J connectivity index is 2.16. The summed E-state index contributed by atoms with van der Waals surface area (Å²) in [7, 11) is 0. The van der Waals surface area contributed by atoms with Crippen molar-refractivity contribution in [1.82, 2.24) is 9.97 Å². The number of nitrogens with zero attached hydrogens (tertiary/aromatic N) is 2. The van der Waals surface area contributed by atoms with Crippen molar-refractivity contribution in [3.05, 3.63) is 47.9 Å². The summed E-state index contributed by atoms with van der Waals surface area (Å²) in [5.41, 5.74) is 1.19. The zero-order chi connectivity index (χ0) is 12.3. The Morgan fingerprint density at radius 1 is 1.24 bits per heavy atom. The summed E-state index contributed by atoms with van der Waals surface area (Å²) in [5, 5.41) is 9.62. The van der Waals surface area contributed by atoms with Crippen LogP contribution in [-0.2, 0) is 0 Å². The molecule has 2 rings (SSSR count). The number of hydrogen-bond donors (Lipinski definition) is 1. The van der Waals surface area contributed by atoms with Crippen LogP contribution in [0.1, 0.15) is 16.1 Å². The van der Waals surface area contributed by atoms with Crippen molar-refractivity contribution in [2.24, 2.45) is 0 Å². The lowest BCUT2D eigenvalue weighted by Gasteiger charge is -2.01. The highest BCUT2D eigenvalue weighted by Gasteiger charge is 2.03. The second kappa shape index (κ2) is 4.97. The standard InChI is InChI=1S/C12H10N2O2S/c1-8-6-11(14-7-13-8)17-10-4-2-9(3-5-10)12(15)16/h2-7H,1H3,(H,15,16). The van der Waals surface area contributed by atoms with E-state index in [0.29, 0.717) is 0 Å². The van der Waals surface area contributed by atoms with Crippen LogP contribution in [0.2, 0.25) is 0 Å². The zero-order valence-corrected chi connectivity index (χ0v) is 9.94. The lowest BCUT2D eigenvalue weighted by atomic mass is 10.2. The average Bonchev–Trinajstić information content (AvgIpc) is 2.29. The van der Waals surface area contributed by atoms with Gasteiger partial charge in [-0.15, -0.1) is 0 Å². The molecule has 0 amide bonds. The minimum atomic E-state index is -0.917. The van der Waals surface area contributed by atoms with Crippen LogP contribution < -0.4 is 0 Å². The highest BCUT2D eigenvalue weighted by Crippen LogP contribution is 2.25. The molecule has 1 aromatic heterocycles. The molecule has 0 aliphatic rings. The molecule has 17 heavy (non-hydrogen) atoms. The summed E-state index contributed by atoms with van der Waals surface area (Å²) in [5.74, 6) is -0.917. The summed E-state index contributed by atoms with van der Waals surface area (Å²) < 4.78 is 0. The van der Waals surface area contributed by atoms with Gasteiger partial charge in [-0.2, -0.15) is 0 Å². The van der Waals surface area contributed by atoms with Crippen molar-refractivity contribution < 1.29 is 9.90 Å². The van der Waals surface area contributed by atoms with Crippen LogP contribution in [0.5, 0.6) is 0 Å². The van der Waals surface area contributed by atoms with E-state index in [-0.39, 0.29) is 5.56 Å². The number of aromatic nitrogens is 2. The van der Waals surface area contributed by atoms with Gasteiger partial charge in [0.05, 0.1) is 5.56 Å². The molecular weight excluding hydrogens is 236 g/mol. The Morgan fingerprint density at radius 3 is 2.53 bits per heavy atom. The fraction of sp³-hybridized carbons (Fsp3) is 0.0833. The number of carboxylic acids is 1. The molecule has 0 radical (unpaired) electrons. The van der Waals surface area contributed by atoms with E-state index in [9.17, 15) is 4.79 Å². The van der Waals surface area contributed by atoms with E-state index in [2.05, 4.69) is 9.97 Å². The molecule has 0 saturated carbocycles. The lowest BCUT2D eigenvalue weighted by Crippen LogP contribution is -1.94. The van der Waals surface area contributed by atoms with Crippen molar-refractivity contribution >= 4 is 17.7 Å². The Morgan fingerprint density at radius 2 is 1.94 bits per heavy atom. The highest BCUT2D eigenvalue weighted by atomic mass is 32.2. The number of carboxylic acid groups (broad SMARTS) is 1. The predicted octanol–water partition coefficient (Wildman–Crippen LogP) is 2.63. The number of carbonyl (C=O) groups is 1. The molecule has 86 valence electrons. The zero-order valence-electron chi connectivity index (χ0n) is 9.12. The van der Waals surface area contributed by atoms with Gasteiger partial charge in [0.1, 0.15) is 11.4 Å². The monoisotopic (exact) mass is 246 g/mol. The molecule has 2 aromatic rings. The molecule has 1 N–H and O–H groups in total. The molecule has 5 heteroatoms. The first-order valence-electron chi connectivity index (χ1n) is 4.95. The van der Waals surface area contributed by atoms with Crippen LogP contribution in [0.25, 0.3) is 0 Å². The summed E-state index contributed by atoms with van der Waals surface area (Å²) in [6.45, 7) is 1.90. The molecule has 0 aliphatic carbocycles. The van der Waals surface area contributed by atoms with E-state index in [4.69, 9.17) is 5.11 Å². The van der Waals surface area contributed by atoms with Crippen LogP contribution in [-0.4, -0.2) is 21.0 Å². The average molecular weight is 246 g/mol. The molecule has 0 aliphatic heterocycles. The van der Waals surface area contributed by atoms with E-state index < -0.39 is 5.97 Å². The Kier molecular flexibility index (Phi) is 3.39. The van der Waals surface area contributed by atoms with E-state index in [1.54, 1.807) is 24.3 Å². The number of benzene rings is 1. The van der Waals surface area contributed by atoms with Crippen LogP contribution in [0.3, 0.4) is 0 Å². The van der Waals surface area contributed by atoms with Crippen molar-refractivity contribution in [2.75, 3.05) is 0 Å². The van der Waals surface area contributed by atoms with Crippen LogP contribution in [0.15, 0.2) is 46.6 Å². The van der Waals surface area contributed by atoms with Crippen molar-refractivity contribution in [1.29, 1.82) is 0 Å². The molecular formula is C12H10N2O2S. The first kappa shape index (κ1) is 11.6. The van der Waals surface area contributed by atoms with Crippen molar-refractivity contribution in [3.8, 4) is 0 Å². The van der Waals surface area contributed by atoms with E-state index in [1.165, 1.54) is 18.1 Å². The fourth-order valence-electron chi connectivity index (χ4n) is 1.27. The normalized spacial score (nSPS) is 10.2. The maximum absolute atomic E-state index is 10.7. The van der Waals surface area contributed by atoms with Crippen LogP contribution in [0.4, 0.5) is 0 Å². The molecule has 4 nitrogen and oxygen atoms in total. The Labute approximate surface area is 103 Å². The van der Waals surface area contributed by atoms with Crippen molar-refractivity contribution in [3.63, 3.8) is 0 Å². The smallest absolute Gasteiger partial charge is 0.335 e. The molecule has 0 fully saturated rings. The first-order valence-corrected chi connectivity index (χ1v) is 5.76. The largest absolute Gasteiger partial charge is 0.478 e. The van der Waals surface area contributed by atoms with Crippen LogP contribution >= 0.6 is 11.8 Å². The summed E-state index contributed by atoms with van der Waals surface area (Å²) in [4.78, 5) is 19.8. The second-order valence-electron chi connectivity index (χ2n) is 3.43. The third kappa shape index (κ3) is 3.04. The molecule has 0 saturated heterocycles. The molecule has 0 unspecified atom stereocenters. The quantitative estimate of drug-likeness (QED) is 0.843. The van der Waals surface area contributed by atoms with Gasteiger partial charge in [-0.25, -0.2) is 14.8 Å². The molecule has 1 heterocycles. The summed E-state index contributed by atoms with van der Waals surface area (Å²) in [6, 6.07) is 8.59. The summed E-state index contributed by atoms with van der Waals surface area (Å²) in [6.07, 6.45) is 1.52. The second-order valence-corrected chi connectivity index (χ2v) is 4.52. The van der Waals surface area contributed by atoms with Gasteiger partial charge >= 0.3 is 5.97 Å². The fourth-order valence-corrected chi connectivity index (χ4v) is 2.12. The number of rotatable bonds is 3. The molecule has 1 aromatic carbocycles. The molecule has 0 atom stereocenters. The number of hydrogen-bond acceptors (Lipinski definition) is 4. The van der Waals surface area contributed by atoms with Gasteiger partial charge in [-0.1, -0.05) is 11.8 Å². The number of aromatic carboxylic acids is 1. The Hall–Kier alpha value is -1.88. The van der Waals surface area contributed by atoms with Gasteiger partial charge in [-0.05, 0) is 37.3 Å². The van der Waals surface area contributed by atoms with E-state index in [0.717, 1.165) is 15.6 Å². The van der Waals surface area contributed by atoms with Gasteiger partial charge < -0.3 is 5.11 Å². The number of aryl methyl sites for hydroxylation is 1. The van der Waals surface area contributed by atoms with Gasteiger partial charge in [-0.3, -0.25) is 0 Å². The van der Waals surface area contributed by atoms with Crippen LogP contribution in [0, 0.1) is 6.92 Å². The maximum Gasteiger partial charge on any atom is 0.335 e. The van der Waals surface area contributed by atoms with Gasteiger partial charge in [0.15, 0.2) is 0 Å². The van der Waals surface area contributed by atoms with Gasteiger partial charge in [0.2, 0.25) is 0 Å². The van der Waals surface area contributed by atoms with Gasteiger partial charge in [0, 0.05) is 10.6 Å². The minimum Gasteiger partial charge on any atom is -0.478 e.